The summed E-state index contributed by atoms with van der Waals surface area (Å²) in [7, 11) is 0. The lowest BCUT2D eigenvalue weighted by Gasteiger charge is -2.16. The molecule has 3 nitrogen and oxygen atoms in total. The molecule has 1 aromatic carbocycles. The monoisotopic (exact) mass is 316 g/mol. The Morgan fingerprint density at radius 1 is 1.29 bits per heavy atom. The van der Waals surface area contributed by atoms with Gasteiger partial charge in [0.2, 0.25) is 0 Å². The first-order valence-corrected chi connectivity index (χ1v) is 7.12. The van der Waals surface area contributed by atoms with E-state index in [1.807, 2.05) is 20.8 Å². The third-order valence-electron chi connectivity index (χ3n) is 2.78. The number of anilines is 1. The number of ether oxygens (including phenoxy) is 1. The minimum Gasteiger partial charge on any atom is -0.406 e. The van der Waals surface area contributed by atoms with Gasteiger partial charge in [0, 0.05) is 16.6 Å². The van der Waals surface area contributed by atoms with Crippen molar-refractivity contribution in [1.82, 2.24) is 4.98 Å². The third-order valence-corrected chi connectivity index (χ3v) is 4.04. The molecule has 0 aliphatic carbocycles. The first-order chi connectivity index (χ1) is 9.74. The lowest BCUT2D eigenvalue weighted by Crippen LogP contribution is -2.17. The second-order valence-electron chi connectivity index (χ2n) is 4.62. The van der Waals surface area contributed by atoms with E-state index in [0.29, 0.717) is 5.69 Å². The summed E-state index contributed by atoms with van der Waals surface area (Å²) in [6.45, 7) is 5.78. The zero-order chi connectivity index (χ0) is 15.6. The molecule has 114 valence electrons. The van der Waals surface area contributed by atoms with Crippen LogP contribution in [-0.2, 0) is 0 Å². The maximum Gasteiger partial charge on any atom is 0.573 e. The summed E-state index contributed by atoms with van der Waals surface area (Å²) in [5.41, 5.74) is 1.50. The molecule has 2 rings (SSSR count). The highest BCUT2D eigenvalue weighted by atomic mass is 32.1. The number of nitrogens with one attached hydrogen (secondary N) is 1. The molecule has 1 aromatic heterocycles. The van der Waals surface area contributed by atoms with Crippen molar-refractivity contribution in [1.29, 1.82) is 0 Å². The van der Waals surface area contributed by atoms with Gasteiger partial charge in [0.1, 0.15) is 5.75 Å². The zero-order valence-corrected chi connectivity index (χ0v) is 12.6. The fourth-order valence-electron chi connectivity index (χ4n) is 2.05. The fourth-order valence-corrected chi connectivity index (χ4v) is 2.98. The molecule has 1 heterocycles. The normalized spacial score (nSPS) is 13.0. The average Bonchev–Trinajstić information content (AvgIpc) is 2.66. The Bertz CT molecular complexity index is 625. The molecule has 0 saturated carbocycles. The quantitative estimate of drug-likeness (QED) is 0.877. The van der Waals surface area contributed by atoms with E-state index in [0.717, 1.165) is 15.6 Å². The van der Waals surface area contributed by atoms with Crippen LogP contribution in [-0.4, -0.2) is 11.3 Å². The second-order valence-corrected chi connectivity index (χ2v) is 5.86. The lowest BCUT2D eigenvalue weighted by molar-refractivity contribution is -0.274. The van der Waals surface area contributed by atoms with Gasteiger partial charge in [-0.2, -0.15) is 0 Å². The van der Waals surface area contributed by atoms with Crippen LogP contribution >= 0.6 is 11.3 Å². The predicted molar refractivity (Wildman–Crippen MR) is 76.8 cm³/mol. The van der Waals surface area contributed by atoms with Crippen molar-refractivity contribution in [2.45, 2.75) is 33.2 Å². The molecule has 21 heavy (non-hydrogen) atoms. The lowest BCUT2D eigenvalue weighted by atomic mass is 10.2. The first-order valence-electron chi connectivity index (χ1n) is 6.31. The number of thiazole rings is 1. The van der Waals surface area contributed by atoms with Gasteiger partial charge in [0.25, 0.3) is 0 Å². The minimum atomic E-state index is -4.68. The Morgan fingerprint density at radius 2 is 2.00 bits per heavy atom. The first kappa shape index (κ1) is 15.6. The van der Waals surface area contributed by atoms with Crippen molar-refractivity contribution in [2.24, 2.45) is 0 Å². The molecule has 0 aliphatic rings. The van der Waals surface area contributed by atoms with Crippen LogP contribution in [0.1, 0.15) is 28.5 Å². The van der Waals surface area contributed by atoms with Crippen LogP contribution in [0.25, 0.3) is 0 Å². The van der Waals surface area contributed by atoms with E-state index < -0.39 is 6.36 Å². The molecule has 1 atom stereocenters. The van der Waals surface area contributed by atoms with Crippen LogP contribution in [0, 0.1) is 13.8 Å². The van der Waals surface area contributed by atoms with Gasteiger partial charge < -0.3 is 10.1 Å². The standard InChI is InChI=1S/C14H15F3N2OS/c1-8-13(21-10(3)18-8)9(2)19-11-5-4-6-12(7-11)20-14(15,16)17/h4-7,9,19H,1-3H3. The van der Waals surface area contributed by atoms with Crippen molar-refractivity contribution in [3.8, 4) is 5.75 Å². The van der Waals surface area contributed by atoms with Crippen molar-refractivity contribution >= 4 is 17.0 Å². The van der Waals surface area contributed by atoms with Gasteiger partial charge in [-0.1, -0.05) is 6.07 Å². The van der Waals surface area contributed by atoms with Crippen molar-refractivity contribution in [3.05, 3.63) is 39.8 Å². The number of nitrogens with zero attached hydrogens (tertiary/aromatic N) is 1. The van der Waals surface area contributed by atoms with Gasteiger partial charge in [-0.05, 0) is 32.9 Å². The minimum absolute atomic E-state index is 0.0441. The predicted octanol–water partition coefficient (Wildman–Crippen LogP) is 4.83. The molecule has 0 amide bonds. The van der Waals surface area contributed by atoms with Crippen molar-refractivity contribution in [2.75, 3.05) is 5.32 Å². The number of rotatable bonds is 4. The second kappa shape index (κ2) is 5.93. The van der Waals surface area contributed by atoms with E-state index in [4.69, 9.17) is 0 Å². The Morgan fingerprint density at radius 3 is 2.57 bits per heavy atom. The van der Waals surface area contributed by atoms with Gasteiger partial charge in [0.15, 0.2) is 0 Å². The highest BCUT2D eigenvalue weighted by Gasteiger charge is 2.31. The molecule has 2 aromatic rings. The maximum atomic E-state index is 12.2. The molecular weight excluding hydrogens is 301 g/mol. The molecule has 0 fully saturated rings. The number of hydrogen-bond donors (Lipinski definition) is 1. The van der Waals surface area contributed by atoms with Crippen LogP contribution in [0.3, 0.4) is 0 Å². The largest absolute Gasteiger partial charge is 0.573 e. The van der Waals surface area contributed by atoms with Crippen molar-refractivity contribution < 1.29 is 17.9 Å². The topological polar surface area (TPSA) is 34.2 Å². The van der Waals surface area contributed by atoms with Gasteiger partial charge in [-0.25, -0.2) is 4.98 Å². The van der Waals surface area contributed by atoms with Crippen LogP contribution in [0.5, 0.6) is 5.75 Å². The van der Waals surface area contributed by atoms with Gasteiger partial charge in [0.05, 0.1) is 16.7 Å². The summed E-state index contributed by atoms with van der Waals surface area (Å²) in [6, 6.07) is 5.76. The molecule has 0 spiro atoms. The van der Waals surface area contributed by atoms with Gasteiger partial charge >= 0.3 is 6.36 Å². The van der Waals surface area contributed by atoms with E-state index in [1.54, 1.807) is 17.4 Å². The number of aryl methyl sites for hydroxylation is 2. The number of hydrogen-bond acceptors (Lipinski definition) is 4. The number of alkyl halides is 3. The Kier molecular flexibility index (Phi) is 4.41. The van der Waals surface area contributed by atoms with Crippen LogP contribution in [0.2, 0.25) is 0 Å². The van der Waals surface area contributed by atoms with Crippen molar-refractivity contribution in [3.63, 3.8) is 0 Å². The molecule has 1 N–H and O–H groups in total. The number of halogens is 3. The van der Waals surface area contributed by atoms with E-state index >= 15 is 0 Å². The molecule has 0 bridgehead atoms. The summed E-state index contributed by atoms with van der Waals surface area (Å²) < 4.78 is 40.5. The Balaban J connectivity index is 2.12. The molecule has 1 unspecified atom stereocenters. The van der Waals surface area contributed by atoms with Crippen LogP contribution < -0.4 is 10.1 Å². The Labute approximate surface area is 124 Å². The summed E-state index contributed by atoms with van der Waals surface area (Å²) in [6.07, 6.45) is -4.68. The van der Waals surface area contributed by atoms with Gasteiger partial charge in [-0.15, -0.1) is 24.5 Å². The summed E-state index contributed by atoms with van der Waals surface area (Å²) in [4.78, 5) is 5.41. The van der Waals surface area contributed by atoms with Crippen LogP contribution in [0.4, 0.5) is 18.9 Å². The van der Waals surface area contributed by atoms with Gasteiger partial charge in [-0.3, -0.25) is 0 Å². The van der Waals surface area contributed by atoms with Crippen LogP contribution in [0.15, 0.2) is 24.3 Å². The van der Waals surface area contributed by atoms with E-state index in [2.05, 4.69) is 15.0 Å². The molecule has 7 heteroatoms. The Hall–Kier alpha value is -1.76. The van der Waals surface area contributed by atoms with E-state index in [-0.39, 0.29) is 11.8 Å². The highest BCUT2D eigenvalue weighted by Crippen LogP contribution is 2.30. The zero-order valence-electron chi connectivity index (χ0n) is 11.8. The molecule has 0 saturated heterocycles. The molecular formula is C14H15F3N2OS. The SMILES string of the molecule is Cc1nc(C)c(C(C)Nc2cccc(OC(F)(F)F)c2)s1. The number of aromatic nitrogens is 1. The summed E-state index contributed by atoms with van der Waals surface area (Å²) in [5, 5.41) is 4.12. The molecule has 0 aliphatic heterocycles. The third kappa shape index (κ3) is 4.35. The highest BCUT2D eigenvalue weighted by molar-refractivity contribution is 7.11. The average molecular weight is 316 g/mol. The van der Waals surface area contributed by atoms with E-state index in [9.17, 15) is 13.2 Å². The fraction of sp³-hybridized carbons (Fsp3) is 0.357. The number of benzene rings is 1. The maximum absolute atomic E-state index is 12.2. The van der Waals surface area contributed by atoms with E-state index in [1.165, 1.54) is 18.2 Å². The summed E-state index contributed by atoms with van der Waals surface area (Å²) >= 11 is 1.57. The molecule has 0 radical (unpaired) electrons. The smallest absolute Gasteiger partial charge is 0.406 e. The summed E-state index contributed by atoms with van der Waals surface area (Å²) in [5.74, 6) is -0.239.